The molecule has 0 fully saturated rings. The van der Waals surface area contributed by atoms with Crippen molar-refractivity contribution in [3.8, 4) is 0 Å². The molecule has 0 aliphatic rings. The van der Waals surface area contributed by atoms with Gasteiger partial charge in [-0.3, -0.25) is 0 Å². The van der Waals surface area contributed by atoms with Crippen LogP contribution in [0.2, 0.25) is 0 Å². The number of rotatable bonds is 8. The molecule has 0 bridgehead atoms. The third-order valence-electron chi connectivity index (χ3n) is 2.49. The highest BCUT2D eigenvalue weighted by atomic mass is 14.7. The molecule has 0 amide bonds. The Balaban J connectivity index is 3.03. The summed E-state index contributed by atoms with van der Waals surface area (Å²) in [7, 11) is 0. The zero-order valence-corrected chi connectivity index (χ0v) is 10.3. The molecule has 0 saturated carbocycles. The van der Waals surface area contributed by atoms with E-state index in [9.17, 15) is 0 Å². The van der Waals surface area contributed by atoms with Gasteiger partial charge in [-0.05, 0) is 25.0 Å². The fourth-order valence-electron chi connectivity index (χ4n) is 1.59. The fourth-order valence-corrected chi connectivity index (χ4v) is 1.59. The Kier molecular flexibility index (Phi) is 7.83. The van der Waals surface area contributed by atoms with Gasteiger partial charge in [0.05, 0.1) is 0 Å². The minimum absolute atomic E-state index is 0.521. The van der Waals surface area contributed by atoms with Gasteiger partial charge in [-0.1, -0.05) is 52.9 Å². The van der Waals surface area contributed by atoms with Crippen LogP contribution in [0.5, 0.6) is 0 Å². The van der Waals surface area contributed by atoms with Crippen molar-refractivity contribution in [1.82, 2.24) is 0 Å². The average Bonchev–Trinajstić information content (AvgIpc) is 2.08. The molecule has 0 radical (unpaired) electrons. The van der Waals surface area contributed by atoms with Crippen LogP contribution in [-0.2, 0) is 0 Å². The molecular formula is C13H27N. The van der Waals surface area contributed by atoms with E-state index in [2.05, 4.69) is 32.5 Å². The molecule has 14 heavy (non-hydrogen) atoms. The minimum atomic E-state index is 0.521. The van der Waals surface area contributed by atoms with Crippen molar-refractivity contribution in [2.45, 2.75) is 65.7 Å². The van der Waals surface area contributed by atoms with Crippen LogP contribution in [0.15, 0.2) is 4.99 Å². The van der Waals surface area contributed by atoms with Gasteiger partial charge >= 0.3 is 0 Å². The molecule has 0 spiro atoms. The number of hydrogen-bond donors (Lipinski definition) is 0. The van der Waals surface area contributed by atoms with Crippen molar-refractivity contribution in [3.63, 3.8) is 0 Å². The maximum absolute atomic E-state index is 3.85. The van der Waals surface area contributed by atoms with Crippen molar-refractivity contribution in [1.29, 1.82) is 0 Å². The molecule has 0 unspecified atom stereocenters. The average molecular weight is 197 g/mol. The molecule has 84 valence electrons. The maximum Gasteiger partial charge on any atom is 0.0382 e. The van der Waals surface area contributed by atoms with E-state index >= 15 is 0 Å². The van der Waals surface area contributed by atoms with Crippen LogP contribution in [0, 0.1) is 5.41 Å². The van der Waals surface area contributed by atoms with Crippen LogP contribution < -0.4 is 0 Å². The first kappa shape index (κ1) is 13.7. The van der Waals surface area contributed by atoms with Crippen molar-refractivity contribution in [2.24, 2.45) is 10.4 Å². The monoisotopic (exact) mass is 197 g/mol. The number of aliphatic imine (C=N–C) groups is 1. The van der Waals surface area contributed by atoms with Gasteiger partial charge in [-0.15, -0.1) is 0 Å². The standard InChI is InChI=1S/C13H27N/c1-13(2,3)11-9-7-5-6-8-10-12-14-4/h4-12H2,1-3H3. The Bertz CT molecular complexity index is 133. The van der Waals surface area contributed by atoms with E-state index in [0.717, 1.165) is 6.54 Å². The van der Waals surface area contributed by atoms with Gasteiger partial charge in [-0.2, -0.15) is 0 Å². The molecule has 1 heteroatoms. The second-order valence-corrected chi connectivity index (χ2v) is 5.38. The Morgan fingerprint density at radius 1 is 0.857 bits per heavy atom. The number of unbranched alkanes of at least 4 members (excludes halogenated alkanes) is 5. The van der Waals surface area contributed by atoms with Gasteiger partial charge in [0, 0.05) is 6.54 Å². The molecule has 0 atom stereocenters. The number of nitrogens with zero attached hydrogens (tertiary/aromatic N) is 1. The van der Waals surface area contributed by atoms with Crippen LogP contribution in [0.4, 0.5) is 0 Å². The summed E-state index contributed by atoms with van der Waals surface area (Å²) in [5, 5.41) is 0. The second kappa shape index (κ2) is 8.02. The fraction of sp³-hybridized carbons (Fsp3) is 0.923. The molecule has 0 aromatic rings. The molecule has 0 saturated heterocycles. The van der Waals surface area contributed by atoms with Crippen molar-refractivity contribution in [3.05, 3.63) is 0 Å². The minimum Gasteiger partial charge on any atom is -0.301 e. The van der Waals surface area contributed by atoms with Crippen LogP contribution in [0.3, 0.4) is 0 Å². The zero-order valence-electron chi connectivity index (χ0n) is 10.3. The summed E-state index contributed by atoms with van der Waals surface area (Å²) in [4.78, 5) is 3.85. The van der Waals surface area contributed by atoms with E-state index in [1.54, 1.807) is 0 Å². The number of hydrogen-bond acceptors (Lipinski definition) is 1. The van der Waals surface area contributed by atoms with Crippen LogP contribution >= 0.6 is 0 Å². The van der Waals surface area contributed by atoms with E-state index in [4.69, 9.17) is 0 Å². The lowest BCUT2D eigenvalue weighted by molar-refractivity contribution is 0.356. The molecule has 0 aliphatic carbocycles. The van der Waals surface area contributed by atoms with E-state index in [-0.39, 0.29) is 0 Å². The first-order valence-corrected chi connectivity index (χ1v) is 5.99. The molecule has 0 heterocycles. The molecule has 0 aliphatic heterocycles. The molecule has 0 N–H and O–H groups in total. The van der Waals surface area contributed by atoms with Crippen molar-refractivity contribution >= 4 is 6.72 Å². The first-order chi connectivity index (χ1) is 6.56. The summed E-state index contributed by atoms with van der Waals surface area (Å²) >= 11 is 0. The first-order valence-electron chi connectivity index (χ1n) is 5.99. The third-order valence-corrected chi connectivity index (χ3v) is 2.49. The van der Waals surface area contributed by atoms with Gasteiger partial charge in [0.1, 0.15) is 0 Å². The van der Waals surface area contributed by atoms with E-state index in [0.29, 0.717) is 5.41 Å². The predicted octanol–water partition coefficient (Wildman–Crippen LogP) is 4.46. The largest absolute Gasteiger partial charge is 0.301 e. The summed E-state index contributed by atoms with van der Waals surface area (Å²) in [6.45, 7) is 11.4. The van der Waals surface area contributed by atoms with Gasteiger partial charge in [-0.25, -0.2) is 0 Å². The summed E-state index contributed by atoms with van der Waals surface area (Å²) in [5.41, 5.74) is 0.521. The molecular weight excluding hydrogens is 170 g/mol. The van der Waals surface area contributed by atoms with E-state index in [1.807, 2.05) is 0 Å². The van der Waals surface area contributed by atoms with Gasteiger partial charge in [0.25, 0.3) is 0 Å². The van der Waals surface area contributed by atoms with Crippen LogP contribution in [0.25, 0.3) is 0 Å². The Labute approximate surface area is 90.0 Å². The lowest BCUT2D eigenvalue weighted by Gasteiger charge is -2.17. The summed E-state index contributed by atoms with van der Waals surface area (Å²) in [6, 6.07) is 0. The topological polar surface area (TPSA) is 12.4 Å². The Morgan fingerprint density at radius 2 is 1.36 bits per heavy atom. The zero-order chi connectivity index (χ0) is 10.9. The normalized spacial score (nSPS) is 11.6. The summed E-state index contributed by atoms with van der Waals surface area (Å²) in [6.07, 6.45) is 9.48. The smallest absolute Gasteiger partial charge is 0.0382 e. The van der Waals surface area contributed by atoms with Crippen LogP contribution in [0.1, 0.15) is 65.7 Å². The predicted molar refractivity (Wildman–Crippen MR) is 66.2 cm³/mol. The molecule has 0 aromatic carbocycles. The van der Waals surface area contributed by atoms with Gasteiger partial charge in [0.15, 0.2) is 0 Å². The lowest BCUT2D eigenvalue weighted by atomic mass is 9.89. The molecule has 0 aromatic heterocycles. The molecule has 1 nitrogen and oxygen atoms in total. The van der Waals surface area contributed by atoms with Gasteiger partial charge < -0.3 is 4.99 Å². The van der Waals surface area contributed by atoms with E-state index in [1.165, 1.54) is 44.9 Å². The quantitative estimate of drug-likeness (QED) is 0.402. The Hall–Kier alpha value is -0.330. The summed E-state index contributed by atoms with van der Waals surface area (Å²) < 4.78 is 0. The van der Waals surface area contributed by atoms with Crippen LogP contribution in [-0.4, -0.2) is 13.3 Å². The highest BCUT2D eigenvalue weighted by Gasteiger charge is 2.08. The third kappa shape index (κ3) is 11.7. The summed E-state index contributed by atoms with van der Waals surface area (Å²) in [5.74, 6) is 0. The van der Waals surface area contributed by atoms with Crippen molar-refractivity contribution < 1.29 is 0 Å². The highest BCUT2D eigenvalue weighted by molar-refractivity contribution is 5.22. The van der Waals surface area contributed by atoms with Gasteiger partial charge in [0.2, 0.25) is 0 Å². The highest BCUT2D eigenvalue weighted by Crippen LogP contribution is 2.22. The van der Waals surface area contributed by atoms with E-state index < -0.39 is 0 Å². The maximum atomic E-state index is 3.85. The Morgan fingerprint density at radius 3 is 1.86 bits per heavy atom. The van der Waals surface area contributed by atoms with Crippen molar-refractivity contribution in [2.75, 3.05) is 6.54 Å². The lowest BCUT2D eigenvalue weighted by Crippen LogP contribution is -2.03. The SMILES string of the molecule is C=NCCCCCCCCC(C)(C)C. The second-order valence-electron chi connectivity index (χ2n) is 5.38. The molecule has 0 rings (SSSR count).